The highest BCUT2D eigenvalue weighted by atomic mass is 35.5. The van der Waals surface area contributed by atoms with Crippen molar-refractivity contribution in [3.63, 3.8) is 0 Å². The molecule has 86 valence electrons. The molecule has 3 N–H and O–H groups in total. The van der Waals surface area contributed by atoms with Crippen LogP contribution < -0.4 is 5.73 Å². The number of aliphatic carboxylic acids is 1. The molecule has 1 aliphatic rings. The smallest absolute Gasteiger partial charge is 0.311 e. The summed E-state index contributed by atoms with van der Waals surface area (Å²) < 4.78 is 0. The lowest BCUT2D eigenvalue weighted by molar-refractivity contribution is -0.139. The van der Waals surface area contributed by atoms with Gasteiger partial charge in [-0.25, -0.2) is 0 Å². The van der Waals surface area contributed by atoms with E-state index in [1.165, 1.54) is 6.07 Å². The third-order valence-electron chi connectivity index (χ3n) is 2.82. The number of hydrogen-bond acceptors (Lipinski definition) is 2. The highest BCUT2D eigenvalue weighted by Gasteiger charge is 2.38. The first-order valence-corrected chi connectivity index (χ1v) is 5.73. The molecule has 1 aliphatic carbocycles. The van der Waals surface area contributed by atoms with Crippen LogP contribution in [0.3, 0.4) is 0 Å². The first-order valence-electron chi connectivity index (χ1n) is 4.98. The summed E-state index contributed by atoms with van der Waals surface area (Å²) in [6, 6.07) is 3.12. The Morgan fingerprint density at radius 2 is 2.06 bits per heavy atom. The van der Waals surface area contributed by atoms with Crippen molar-refractivity contribution in [2.45, 2.75) is 18.8 Å². The number of carbonyl (C=O) groups is 1. The Kier molecular flexibility index (Phi) is 3.00. The molecule has 1 saturated carbocycles. The minimum absolute atomic E-state index is 0.161. The fourth-order valence-corrected chi connectivity index (χ4v) is 2.39. The van der Waals surface area contributed by atoms with E-state index < -0.39 is 11.9 Å². The molecular formula is C11H11Cl2NO2. The van der Waals surface area contributed by atoms with Crippen LogP contribution in [0.15, 0.2) is 12.1 Å². The maximum absolute atomic E-state index is 11.2. The molecule has 1 atom stereocenters. The molecule has 0 saturated heterocycles. The Bertz CT molecular complexity index is 444. The SMILES string of the molecule is Nc1c(Cl)cc(Cl)cc1C(C(=O)O)C1CC1. The largest absolute Gasteiger partial charge is 0.481 e. The number of nitrogen functional groups attached to an aromatic ring is 1. The summed E-state index contributed by atoms with van der Waals surface area (Å²) in [5, 5.41) is 9.93. The van der Waals surface area contributed by atoms with Crippen LogP contribution in [0, 0.1) is 5.92 Å². The topological polar surface area (TPSA) is 63.3 Å². The zero-order valence-electron chi connectivity index (χ0n) is 8.41. The van der Waals surface area contributed by atoms with Gasteiger partial charge in [-0.3, -0.25) is 4.79 Å². The van der Waals surface area contributed by atoms with E-state index in [4.69, 9.17) is 28.9 Å². The van der Waals surface area contributed by atoms with E-state index in [9.17, 15) is 9.90 Å². The molecule has 0 heterocycles. The molecule has 0 radical (unpaired) electrons. The zero-order chi connectivity index (χ0) is 11.9. The number of anilines is 1. The lowest BCUT2D eigenvalue weighted by Crippen LogP contribution is -2.15. The molecule has 0 aliphatic heterocycles. The summed E-state index contributed by atoms with van der Waals surface area (Å²) in [4.78, 5) is 11.2. The summed E-state index contributed by atoms with van der Waals surface area (Å²) in [5.74, 6) is -1.29. The Hall–Kier alpha value is -0.930. The van der Waals surface area contributed by atoms with Gasteiger partial charge in [0.25, 0.3) is 0 Å². The van der Waals surface area contributed by atoms with Gasteiger partial charge in [0.1, 0.15) is 0 Å². The number of benzene rings is 1. The third kappa shape index (κ3) is 2.11. The number of halogens is 2. The lowest BCUT2D eigenvalue weighted by Gasteiger charge is -2.15. The average molecular weight is 260 g/mol. The summed E-state index contributed by atoms with van der Waals surface area (Å²) in [7, 11) is 0. The molecule has 0 spiro atoms. The van der Waals surface area contributed by atoms with Crippen LogP contribution in [-0.4, -0.2) is 11.1 Å². The molecule has 1 fully saturated rings. The van der Waals surface area contributed by atoms with Crippen molar-refractivity contribution >= 4 is 34.9 Å². The number of nitrogens with two attached hydrogens (primary N) is 1. The normalized spacial score (nSPS) is 17.1. The predicted octanol–water partition coefficient (Wildman–Crippen LogP) is 3.15. The van der Waals surface area contributed by atoms with Gasteiger partial charge in [0.05, 0.1) is 16.6 Å². The second-order valence-electron chi connectivity index (χ2n) is 4.04. The van der Waals surface area contributed by atoms with Gasteiger partial charge >= 0.3 is 5.97 Å². The Labute approximate surface area is 103 Å². The molecule has 0 bridgehead atoms. The summed E-state index contributed by atoms with van der Waals surface area (Å²) >= 11 is 11.8. The molecule has 5 heteroatoms. The van der Waals surface area contributed by atoms with Crippen LogP contribution in [0.25, 0.3) is 0 Å². The van der Waals surface area contributed by atoms with Gasteiger partial charge in [0, 0.05) is 5.02 Å². The van der Waals surface area contributed by atoms with E-state index in [1.54, 1.807) is 6.07 Å². The molecule has 16 heavy (non-hydrogen) atoms. The molecule has 3 nitrogen and oxygen atoms in total. The lowest BCUT2D eigenvalue weighted by atomic mass is 9.93. The van der Waals surface area contributed by atoms with Crippen molar-refractivity contribution in [3.05, 3.63) is 27.7 Å². The van der Waals surface area contributed by atoms with Crippen LogP contribution in [0.4, 0.5) is 5.69 Å². The van der Waals surface area contributed by atoms with Crippen LogP contribution in [-0.2, 0) is 4.79 Å². The summed E-state index contributed by atoms with van der Waals surface area (Å²) in [5.41, 5.74) is 6.66. The van der Waals surface area contributed by atoms with Gasteiger partial charge in [-0.05, 0) is 36.5 Å². The van der Waals surface area contributed by atoms with Crippen LogP contribution in [0.2, 0.25) is 10.0 Å². The Balaban J connectivity index is 2.48. The van der Waals surface area contributed by atoms with E-state index in [0.29, 0.717) is 21.3 Å². The van der Waals surface area contributed by atoms with Crippen LogP contribution in [0.1, 0.15) is 24.3 Å². The Morgan fingerprint density at radius 1 is 1.44 bits per heavy atom. The van der Waals surface area contributed by atoms with Crippen molar-refractivity contribution in [1.29, 1.82) is 0 Å². The summed E-state index contributed by atoms with van der Waals surface area (Å²) in [6.45, 7) is 0. The van der Waals surface area contributed by atoms with E-state index in [1.807, 2.05) is 0 Å². The van der Waals surface area contributed by atoms with Gasteiger partial charge in [0.15, 0.2) is 0 Å². The van der Waals surface area contributed by atoms with Gasteiger partial charge in [-0.2, -0.15) is 0 Å². The quantitative estimate of drug-likeness (QED) is 0.820. The summed E-state index contributed by atoms with van der Waals surface area (Å²) in [6.07, 6.45) is 1.83. The molecule has 2 rings (SSSR count). The average Bonchev–Trinajstić information content (AvgIpc) is 2.97. The second-order valence-corrected chi connectivity index (χ2v) is 4.89. The van der Waals surface area contributed by atoms with Gasteiger partial charge < -0.3 is 10.8 Å². The zero-order valence-corrected chi connectivity index (χ0v) is 9.92. The van der Waals surface area contributed by atoms with E-state index in [2.05, 4.69) is 0 Å². The monoisotopic (exact) mass is 259 g/mol. The number of hydrogen-bond donors (Lipinski definition) is 2. The van der Waals surface area contributed by atoms with Crippen molar-refractivity contribution < 1.29 is 9.90 Å². The van der Waals surface area contributed by atoms with E-state index >= 15 is 0 Å². The van der Waals surface area contributed by atoms with Gasteiger partial charge in [0.2, 0.25) is 0 Å². The number of rotatable bonds is 3. The van der Waals surface area contributed by atoms with Crippen molar-refractivity contribution in [3.8, 4) is 0 Å². The molecular weight excluding hydrogens is 249 g/mol. The highest BCUT2D eigenvalue weighted by Crippen LogP contribution is 2.46. The molecule has 0 aromatic heterocycles. The van der Waals surface area contributed by atoms with Gasteiger partial charge in [-0.1, -0.05) is 23.2 Å². The predicted molar refractivity (Wildman–Crippen MR) is 64.0 cm³/mol. The standard InChI is InChI=1S/C11H11Cl2NO2/c12-6-3-7(10(14)8(13)4-6)9(11(15)16)5-1-2-5/h3-5,9H,1-2,14H2,(H,15,16). The molecule has 1 aromatic rings. The first-order chi connectivity index (χ1) is 7.50. The van der Waals surface area contributed by atoms with Gasteiger partial charge in [-0.15, -0.1) is 0 Å². The fraction of sp³-hybridized carbons (Fsp3) is 0.364. The minimum Gasteiger partial charge on any atom is -0.481 e. The minimum atomic E-state index is -0.868. The maximum atomic E-state index is 11.2. The number of carboxylic acid groups (broad SMARTS) is 1. The number of carboxylic acids is 1. The Morgan fingerprint density at radius 3 is 2.56 bits per heavy atom. The third-order valence-corrected chi connectivity index (χ3v) is 3.35. The van der Waals surface area contributed by atoms with Crippen molar-refractivity contribution in [1.82, 2.24) is 0 Å². The second kappa shape index (κ2) is 4.15. The molecule has 0 amide bonds. The first kappa shape index (κ1) is 11.6. The fourth-order valence-electron chi connectivity index (χ4n) is 1.88. The van der Waals surface area contributed by atoms with Crippen LogP contribution >= 0.6 is 23.2 Å². The van der Waals surface area contributed by atoms with E-state index in [-0.39, 0.29) is 5.92 Å². The highest BCUT2D eigenvalue weighted by molar-refractivity contribution is 6.36. The molecule has 1 unspecified atom stereocenters. The van der Waals surface area contributed by atoms with Crippen LogP contribution in [0.5, 0.6) is 0 Å². The molecule has 1 aromatic carbocycles. The maximum Gasteiger partial charge on any atom is 0.311 e. The van der Waals surface area contributed by atoms with Crippen molar-refractivity contribution in [2.75, 3.05) is 5.73 Å². The van der Waals surface area contributed by atoms with E-state index in [0.717, 1.165) is 12.8 Å². The van der Waals surface area contributed by atoms with Crippen molar-refractivity contribution in [2.24, 2.45) is 5.92 Å².